The number of halogens is 1. The molecule has 1 amide bonds. The molecular weight excluding hydrogens is 431 g/mol. The summed E-state index contributed by atoms with van der Waals surface area (Å²) in [5.74, 6) is -0.111. The number of hydrogen-bond acceptors (Lipinski definition) is 4. The van der Waals surface area contributed by atoms with E-state index in [2.05, 4.69) is 15.4 Å². The van der Waals surface area contributed by atoms with E-state index in [1.54, 1.807) is 35.3 Å². The van der Waals surface area contributed by atoms with Crippen molar-refractivity contribution in [2.75, 3.05) is 0 Å². The van der Waals surface area contributed by atoms with Gasteiger partial charge in [-0.3, -0.25) is 9.48 Å². The SMILES string of the molecule is Cc1nn(C)c2nc(-c3ccccc3)cc(C(=O)NC(c3cccc(F)c3)c3nccn3C)c12. The molecule has 2 aromatic carbocycles. The topological polar surface area (TPSA) is 77.6 Å². The number of aromatic nitrogens is 5. The van der Waals surface area contributed by atoms with E-state index in [4.69, 9.17) is 4.98 Å². The first kappa shape index (κ1) is 21.5. The molecule has 1 N–H and O–H groups in total. The second-order valence-electron chi connectivity index (χ2n) is 8.19. The Balaban J connectivity index is 1.64. The van der Waals surface area contributed by atoms with Crippen molar-refractivity contribution >= 4 is 16.9 Å². The van der Waals surface area contributed by atoms with Crippen LogP contribution in [-0.2, 0) is 14.1 Å². The molecule has 34 heavy (non-hydrogen) atoms. The highest BCUT2D eigenvalue weighted by atomic mass is 19.1. The lowest BCUT2D eigenvalue weighted by Gasteiger charge is -2.20. The molecule has 3 heterocycles. The van der Waals surface area contributed by atoms with E-state index in [0.717, 1.165) is 5.56 Å². The van der Waals surface area contributed by atoms with E-state index in [1.807, 2.05) is 55.9 Å². The number of benzene rings is 2. The van der Waals surface area contributed by atoms with Gasteiger partial charge < -0.3 is 9.88 Å². The van der Waals surface area contributed by atoms with Crippen molar-refractivity contribution in [1.29, 1.82) is 0 Å². The van der Waals surface area contributed by atoms with Gasteiger partial charge >= 0.3 is 0 Å². The fourth-order valence-corrected chi connectivity index (χ4v) is 4.23. The normalized spacial score (nSPS) is 12.1. The Hall–Kier alpha value is -4.33. The Morgan fingerprint density at radius 3 is 2.56 bits per heavy atom. The predicted molar refractivity (Wildman–Crippen MR) is 128 cm³/mol. The zero-order valence-corrected chi connectivity index (χ0v) is 19.0. The highest BCUT2D eigenvalue weighted by Crippen LogP contribution is 2.28. The lowest BCUT2D eigenvalue weighted by atomic mass is 10.0. The number of pyridine rings is 1. The van der Waals surface area contributed by atoms with E-state index in [1.165, 1.54) is 12.1 Å². The van der Waals surface area contributed by atoms with Crippen LogP contribution >= 0.6 is 0 Å². The average molecular weight is 455 g/mol. The monoisotopic (exact) mass is 454 g/mol. The third-order valence-corrected chi connectivity index (χ3v) is 5.86. The number of hydrogen-bond donors (Lipinski definition) is 1. The minimum atomic E-state index is -0.649. The Bertz CT molecular complexity index is 1500. The molecule has 0 aliphatic heterocycles. The van der Waals surface area contributed by atoms with Gasteiger partial charge in [0.15, 0.2) is 5.65 Å². The van der Waals surface area contributed by atoms with Crippen LogP contribution in [0.15, 0.2) is 73.1 Å². The first-order valence-electron chi connectivity index (χ1n) is 10.9. The Morgan fingerprint density at radius 2 is 1.85 bits per heavy atom. The van der Waals surface area contributed by atoms with Gasteiger partial charge in [0, 0.05) is 32.1 Å². The molecule has 0 fully saturated rings. The van der Waals surface area contributed by atoms with E-state index in [0.29, 0.717) is 39.4 Å². The number of amides is 1. The van der Waals surface area contributed by atoms with Crippen LogP contribution in [0.2, 0.25) is 0 Å². The summed E-state index contributed by atoms with van der Waals surface area (Å²) in [6, 6.07) is 17.0. The van der Waals surface area contributed by atoms with Gasteiger partial charge in [-0.1, -0.05) is 42.5 Å². The summed E-state index contributed by atoms with van der Waals surface area (Å²) in [4.78, 5) is 23.0. The van der Waals surface area contributed by atoms with Crippen LogP contribution in [-0.4, -0.2) is 30.2 Å². The van der Waals surface area contributed by atoms with Crippen molar-refractivity contribution < 1.29 is 9.18 Å². The smallest absolute Gasteiger partial charge is 0.253 e. The molecule has 0 radical (unpaired) electrons. The maximum atomic E-state index is 14.1. The molecule has 1 unspecified atom stereocenters. The van der Waals surface area contributed by atoms with E-state index in [9.17, 15) is 9.18 Å². The second-order valence-corrected chi connectivity index (χ2v) is 8.19. The average Bonchev–Trinajstić information content (AvgIpc) is 3.39. The standard InChI is InChI=1S/C26H23FN6O/c1-16-22-20(15-21(17-8-5-4-6-9-17)29-24(22)33(3)31-16)26(34)30-23(25-28-12-13-32(25)2)18-10-7-11-19(27)14-18/h4-15,23H,1-3H3,(H,30,34). The van der Waals surface area contributed by atoms with E-state index < -0.39 is 6.04 Å². The van der Waals surface area contributed by atoms with Gasteiger partial charge in [0.25, 0.3) is 5.91 Å². The third kappa shape index (κ3) is 3.83. The summed E-state index contributed by atoms with van der Waals surface area (Å²) in [5, 5.41) is 8.24. The zero-order chi connectivity index (χ0) is 23.8. The van der Waals surface area contributed by atoms with Crippen LogP contribution in [0.4, 0.5) is 4.39 Å². The van der Waals surface area contributed by atoms with Gasteiger partial charge in [-0.2, -0.15) is 5.10 Å². The summed E-state index contributed by atoms with van der Waals surface area (Å²) >= 11 is 0. The maximum Gasteiger partial charge on any atom is 0.253 e. The molecule has 0 spiro atoms. The van der Waals surface area contributed by atoms with Crippen molar-refractivity contribution in [3.63, 3.8) is 0 Å². The molecule has 0 saturated carbocycles. The molecule has 1 atom stereocenters. The molecule has 0 aliphatic carbocycles. The van der Waals surface area contributed by atoms with E-state index >= 15 is 0 Å². The number of carbonyl (C=O) groups is 1. The number of nitrogens with zero attached hydrogens (tertiary/aromatic N) is 5. The Labute approximate surface area is 195 Å². The number of rotatable bonds is 5. The molecule has 0 bridgehead atoms. The van der Waals surface area contributed by atoms with Crippen molar-refractivity contribution in [3.05, 3.63) is 102 Å². The molecule has 0 aliphatic rings. The second kappa shape index (κ2) is 8.55. The van der Waals surface area contributed by atoms with Crippen LogP contribution in [0, 0.1) is 12.7 Å². The molecule has 3 aromatic heterocycles. The highest BCUT2D eigenvalue weighted by Gasteiger charge is 2.25. The molecule has 5 aromatic rings. The summed E-state index contributed by atoms with van der Waals surface area (Å²) in [6.45, 7) is 1.85. The maximum absolute atomic E-state index is 14.1. The number of aryl methyl sites for hydroxylation is 3. The van der Waals surface area contributed by atoms with Gasteiger partial charge in [0.1, 0.15) is 17.7 Å². The molecular formula is C26H23FN6O. The van der Waals surface area contributed by atoms with Crippen molar-refractivity contribution in [1.82, 2.24) is 29.6 Å². The number of carbonyl (C=O) groups excluding carboxylic acids is 1. The Kier molecular flexibility index (Phi) is 5.41. The minimum Gasteiger partial charge on any atom is -0.338 e. The van der Waals surface area contributed by atoms with Crippen molar-refractivity contribution in [3.8, 4) is 11.3 Å². The molecule has 7 nitrogen and oxygen atoms in total. The summed E-state index contributed by atoms with van der Waals surface area (Å²) in [6.07, 6.45) is 3.44. The van der Waals surface area contributed by atoms with Crippen LogP contribution in [0.5, 0.6) is 0 Å². The fourth-order valence-electron chi connectivity index (χ4n) is 4.23. The largest absolute Gasteiger partial charge is 0.338 e. The first-order valence-corrected chi connectivity index (χ1v) is 10.9. The van der Waals surface area contributed by atoms with Crippen molar-refractivity contribution in [2.24, 2.45) is 14.1 Å². The van der Waals surface area contributed by atoms with E-state index in [-0.39, 0.29) is 11.7 Å². The number of fused-ring (bicyclic) bond motifs is 1. The van der Waals surface area contributed by atoms with Crippen LogP contribution < -0.4 is 5.32 Å². The van der Waals surface area contributed by atoms with Crippen LogP contribution in [0.25, 0.3) is 22.3 Å². The van der Waals surface area contributed by atoms with Gasteiger partial charge in [0.05, 0.1) is 22.3 Å². The van der Waals surface area contributed by atoms with Gasteiger partial charge in [-0.05, 0) is 30.7 Å². The quantitative estimate of drug-likeness (QED) is 0.429. The molecule has 170 valence electrons. The number of nitrogens with one attached hydrogen (secondary N) is 1. The number of imidazole rings is 1. The third-order valence-electron chi connectivity index (χ3n) is 5.86. The lowest BCUT2D eigenvalue weighted by molar-refractivity contribution is 0.0942. The molecule has 0 saturated heterocycles. The minimum absolute atomic E-state index is 0.321. The van der Waals surface area contributed by atoms with Gasteiger partial charge in [-0.15, -0.1) is 0 Å². The summed E-state index contributed by atoms with van der Waals surface area (Å²) in [7, 11) is 3.65. The van der Waals surface area contributed by atoms with Gasteiger partial charge in [0.2, 0.25) is 0 Å². The fraction of sp³-hybridized carbons (Fsp3) is 0.154. The van der Waals surface area contributed by atoms with Crippen LogP contribution in [0.1, 0.15) is 33.5 Å². The lowest BCUT2D eigenvalue weighted by Crippen LogP contribution is -2.31. The first-order chi connectivity index (χ1) is 16.4. The van der Waals surface area contributed by atoms with Crippen LogP contribution in [0.3, 0.4) is 0 Å². The highest BCUT2D eigenvalue weighted by molar-refractivity contribution is 6.07. The summed E-state index contributed by atoms with van der Waals surface area (Å²) < 4.78 is 17.6. The van der Waals surface area contributed by atoms with Gasteiger partial charge in [-0.25, -0.2) is 14.4 Å². The summed E-state index contributed by atoms with van der Waals surface area (Å²) in [5.41, 5.74) is 3.92. The van der Waals surface area contributed by atoms with Crippen molar-refractivity contribution in [2.45, 2.75) is 13.0 Å². The predicted octanol–water partition coefficient (Wildman–Crippen LogP) is 4.34. The molecule has 5 rings (SSSR count). The zero-order valence-electron chi connectivity index (χ0n) is 19.0. The molecule has 8 heteroatoms. The Morgan fingerprint density at radius 1 is 1.06 bits per heavy atom.